The molecule has 0 unspecified atom stereocenters. The molecular formula is C15H24N2O. The average molecular weight is 248 g/mol. The van der Waals surface area contributed by atoms with Crippen molar-refractivity contribution in [1.82, 2.24) is 4.98 Å². The van der Waals surface area contributed by atoms with Crippen molar-refractivity contribution in [1.29, 1.82) is 0 Å². The first kappa shape index (κ1) is 13.3. The third-order valence-corrected chi connectivity index (χ3v) is 3.67. The zero-order valence-corrected chi connectivity index (χ0v) is 11.8. The van der Waals surface area contributed by atoms with E-state index in [9.17, 15) is 0 Å². The molecule has 100 valence electrons. The largest absolute Gasteiger partial charge is 0.481 e. The quantitative estimate of drug-likeness (QED) is 0.891. The van der Waals surface area contributed by atoms with Gasteiger partial charge in [0.2, 0.25) is 5.88 Å². The first-order valence-corrected chi connectivity index (χ1v) is 6.94. The molecule has 0 aliphatic heterocycles. The second kappa shape index (κ2) is 5.70. The Balaban J connectivity index is 2.55. The van der Waals surface area contributed by atoms with Crippen molar-refractivity contribution in [2.45, 2.75) is 52.5 Å². The highest BCUT2D eigenvalue weighted by Gasteiger charge is 2.21. The van der Waals surface area contributed by atoms with Crippen molar-refractivity contribution < 1.29 is 4.74 Å². The number of ether oxygens (including phenoxy) is 1. The molecule has 1 aliphatic rings. The molecule has 18 heavy (non-hydrogen) atoms. The summed E-state index contributed by atoms with van der Waals surface area (Å²) in [6.45, 7) is 5.02. The van der Waals surface area contributed by atoms with Crippen LogP contribution >= 0.6 is 0 Å². The van der Waals surface area contributed by atoms with Crippen LogP contribution in [-0.4, -0.2) is 12.1 Å². The van der Waals surface area contributed by atoms with Gasteiger partial charge in [-0.1, -0.05) is 13.8 Å². The molecule has 1 heterocycles. The van der Waals surface area contributed by atoms with Gasteiger partial charge in [-0.2, -0.15) is 0 Å². The zero-order chi connectivity index (χ0) is 13.1. The third kappa shape index (κ3) is 2.51. The number of hydrogen-bond donors (Lipinski definition) is 1. The van der Waals surface area contributed by atoms with Crippen molar-refractivity contribution in [3.05, 3.63) is 22.4 Å². The fraction of sp³-hybridized carbons (Fsp3) is 0.667. The van der Waals surface area contributed by atoms with Gasteiger partial charge in [-0.3, -0.25) is 0 Å². The highest BCUT2D eigenvalue weighted by molar-refractivity contribution is 5.45. The molecule has 2 rings (SSSR count). The molecule has 3 nitrogen and oxygen atoms in total. The molecule has 0 bridgehead atoms. The standard InChI is InChI=1S/C15H24N2O/c1-10(2)8-12-11-6-4-5-7-14(11)17-15(18-3)13(12)9-16/h10H,4-9,16H2,1-3H3. The minimum Gasteiger partial charge on any atom is -0.481 e. The van der Waals surface area contributed by atoms with Crippen LogP contribution in [0.1, 0.15) is 49.1 Å². The Morgan fingerprint density at radius 1 is 1.22 bits per heavy atom. The Bertz CT molecular complexity index is 413. The summed E-state index contributed by atoms with van der Waals surface area (Å²) in [5, 5.41) is 0. The van der Waals surface area contributed by atoms with Crippen LogP contribution in [0, 0.1) is 5.92 Å². The lowest BCUT2D eigenvalue weighted by Crippen LogP contribution is -2.16. The van der Waals surface area contributed by atoms with Crippen molar-refractivity contribution in [3.63, 3.8) is 0 Å². The highest BCUT2D eigenvalue weighted by Crippen LogP contribution is 2.32. The summed E-state index contributed by atoms with van der Waals surface area (Å²) in [4.78, 5) is 4.67. The first-order valence-electron chi connectivity index (χ1n) is 6.94. The number of fused-ring (bicyclic) bond motifs is 1. The van der Waals surface area contributed by atoms with E-state index in [1.807, 2.05) is 0 Å². The lowest BCUT2D eigenvalue weighted by atomic mass is 9.86. The summed E-state index contributed by atoms with van der Waals surface area (Å²) in [5.41, 5.74) is 11.1. The van der Waals surface area contributed by atoms with Crippen molar-refractivity contribution in [2.75, 3.05) is 7.11 Å². The Labute approximate surface area is 110 Å². The van der Waals surface area contributed by atoms with Gasteiger partial charge in [0.05, 0.1) is 7.11 Å². The van der Waals surface area contributed by atoms with E-state index < -0.39 is 0 Å². The van der Waals surface area contributed by atoms with E-state index in [0.29, 0.717) is 12.5 Å². The summed E-state index contributed by atoms with van der Waals surface area (Å²) in [6, 6.07) is 0. The molecule has 2 N–H and O–H groups in total. The van der Waals surface area contributed by atoms with Crippen LogP contribution in [0.25, 0.3) is 0 Å². The van der Waals surface area contributed by atoms with E-state index in [1.165, 1.54) is 29.7 Å². The van der Waals surface area contributed by atoms with Gasteiger partial charge in [0.1, 0.15) is 0 Å². The fourth-order valence-electron chi connectivity index (χ4n) is 2.87. The first-order chi connectivity index (χ1) is 8.67. The summed E-state index contributed by atoms with van der Waals surface area (Å²) in [6.07, 6.45) is 5.83. The predicted octanol–water partition coefficient (Wildman–Crippen LogP) is 2.63. The molecule has 0 amide bonds. The molecule has 3 heteroatoms. The summed E-state index contributed by atoms with van der Waals surface area (Å²) >= 11 is 0. The number of nitrogens with zero attached hydrogens (tertiary/aromatic N) is 1. The van der Waals surface area contributed by atoms with Crippen molar-refractivity contribution in [2.24, 2.45) is 11.7 Å². The second-order valence-electron chi connectivity index (χ2n) is 5.51. The van der Waals surface area contributed by atoms with Gasteiger partial charge in [-0.25, -0.2) is 4.98 Å². The highest BCUT2D eigenvalue weighted by atomic mass is 16.5. The second-order valence-corrected chi connectivity index (χ2v) is 5.51. The molecule has 1 aliphatic carbocycles. The number of hydrogen-bond acceptors (Lipinski definition) is 3. The van der Waals surface area contributed by atoms with Gasteiger partial charge >= 0.3 is 0 Å². The molecule has 0 fully saturated rings. The normalized spacial score (nSPS) is 14.7. The smallest absolute Gasteiger partial charge is 0.218 e. The molecule has 0 atom stereocenters. The average Bonchev–Trinajstić information content (AvgIpc) is 2.37. The van der Waals surface area contributed by atoms with Crippen molar-refractivity contribution >= 4 is 0 Å². The molecule has 0 saturated carbocycles. The number of aryl methyl sites for hydroxylation is 1. The SMILES string of the molecule is COc1nc2c(c(CC(C)C)c1CN)CCCC2. The molecule has 1 aromatic heterocycles. The summed E-state index contributed by atoms with van der Waals surface area (Å²) in [7, 11) is 1.69. The van der Waals surface area contributed by atoms with E-state index in [4.69, 9.17) is 10.5 Å². The fourth-order valence-corrected chi connectivity index (χ4v) is 2.87. The van der Waals surface area contributed by atoms with E-state index in [1.54, 1.807) is 7.11 Å². The maximum absolute atomic E-state index is 5.92. The summed E-state index contributed by atoms with van der Waals surface area (Å²) in [5.74, 6) is 1.38. The number of methoxy groups -OCH3 is 1. The maximum atomic E-state index is 5.92. The van der Waals surface area contributed by atoms with Gasteiger partial charge in [0.25, 0.3) is 0 Å². The van der Waals surface area contributed by atoms with Crippen LogP contribution in [0.2, 0.25) is 0 Å². The Hall–Kier alpha value is -1.09. The Morgan fingerprint density at radius 2 is 1.94 bits per heavy atom. The van der Waals surface area contributed by atoms with Crippen LogP contribution in [-0.2, 0) is 25.8 Å². The number of pyridine rings is 1. The number of rotatable bonds is 4. The minimum absolute atomic E-state index is 0.519. The lowest BCUT2D eigenvalue weighted by Gasteiger charge is -2.24. The maximum Gasteiger partial charge on any atom is 0.218 e. The monoisotopic (exact) mass is 248 g/mol. The van der Waals surface area contributed by atoms with E-state index >= 15 is 0 Å². The van der Waals surface area contributed by atoms with Gasteiger partial charge in [0, 0.05) is 17.8 Å². The predicted molar refractivity (Wildman–Crippen MR) is 73.9 cm³/mol. The van der Waals surface area contributed by atoms with Crippen LogP contribution in [0.15, 0.2) is 0 Å². The molecule has 0 radical (unpaired) electrons. The van der Waals surface area contributed by atoms with Crippen LogP contribution < -0.4 is 10.5 Å². The van der Waals surface area contributed by atoms with Crippen LogP contribution in [0.3, 0.4) is 0 Å². The lowest BCUT2D eigenvalue weighted by molar-refractivity contribution is 0.387. The molecule has 0 saturated heterocycles. The Morgan fingerprint density at radius 3 is 2.56 bits per heavy atom. The van der Waals surface area contributed by atoms with Gasteiger partial charge in [-0.05, 0) is 49.1 Å². The number of nitrogens with two attached hydrogens (primary N) is 1. The zero-order valence-electron chi connectivity index (χ0n) is 11.8. The van der Waals surface area contributed by atoms with E-state index in [-0.39, 0.29) is 0 Å². The molecule has 0 aromatic carbocycles. The van der Waals surface area contributed by atoms with Crippen molar-refractivity contribution in [3.8, 4) is 5.88 Å². The third-order valence-electron chi connectivity index (χ3n) is 3.67. The molecule has 1 aromatic rings. The van der Waals surface area contributed by atoms with Crippen LogP contribution in [0.4, 0.5) is 0 Å². The van der Waals surface area contributed by atoms with Crippen LogP contribution in [0.5, 0.6) is 5.88 Å². The topological polar surface area (TPSA) is 48.1 Å². The number of aromatic nitrogens is 1. The van der Waals surface area contributed by atoms with Gasteiger partial charge in [-0.15, -0.1) is 0 Å². The molecular weight excluding hydrogens is 224 g/mol. The molecule has 0 spiro atoms. The minimum atomic E-state index is 0.519. The van der Waals surface area contributed by atoms with Gasteiger partial charge < -0.3 is 10.5 Å². The summed E-state index contributed by atoms with van der Waals surface area (Å²) < 4.78 is 5.43. The Kier molecular flexibility index (Phi) is 4.23. The van der Waals surface area contributed by atoms with E-state index in [2.05, 4.69) is 18.8 Å². The van der Waals surface area contributed by atoms with Gasteiger partial charge in [0.15, 0.2) is 0 Å². The van der Waals surface area contributed by atoms with E-state index in [0.717, 1.165) is 30.7 Å².